The van der Waals surface area contributed by atoms with E-state index in [0.717, 1.165) is 11.4 Å². The molecule has 318 valence electrons. The van der Waals surface area contributed by atoms with Gasteiger partial charge in [0.15, 0.2) is 0 Å². The van der Waals surface area contributed by atoms with Gasteiger partial charge in [0.1, 0.15) is 0 Å². The minimum atomic E-state index is 0.467. The topological polar surface area (TPSA) is 52.0 Å². The number of nitrogens with two attached hydrogens (primary N) is 2. The zero-order valence-corrected chi connectivity index (χ0v) is 37.8. The van der Waals surface area contributed by atoms with Crippen molar-refractivity contribution in [2.24, 2.45) is 0 Å². The van der Waals surface area contributed by atoms with Crippen molar-refractivity contribution in [3.8, 4) is 0 Å². The fourth-order valence-electron chi connectivity index (χ4n) is 9.35. The smallest absolute Gasteiger partial charge is 0.0316 e. The van der Waals surface area contributed by atoms with Gasteiger partial charge < -0.3 is 11.5 Å². The standard InChI is InChI=1S/C56H84N2/c1-5-7-23-29-55(53-41-39-51(57)43-45(53)3)49-35-31-47(32-36-49)27-25-21-19-17-15-13-11-9-10-12-14-16-18-20-22-26-28-48-33-37-50(38-34-48)56(30-24-8-6-2)54-42-40-52(58)44-46(54)4/h31-44,55-56H,5-30,57-58H2,1-4H3. The van der Waals surface area contributed by atoms with Crippen molar-refractivity contribution in [3.05, 3.63) is 129 Å². The molecule has 4 rings (SSSR count). The lowest BCUT2D eigenvalue weighted by Gasteiger charge is -2.21. The summed E-state index contributed by atoms with van der Waals surface area (Å²) in [6, 6.07) is 32.1. The first kappa shape index (κ1) is 47.2. The molecule has 0 bridgehead atoms. The molecular formula is C56H84N2. The monoisotopic (exact) mass is 785 g/mol. The number of hydrogen-bond acceptors (Lipinski definition) is 2. The van der Waals surface area contributed by atoms with Crippen LogP contribution in [0.5, 0.6) is 0 Å². The first-order valence-electron chi connectivity index (χ1n) is 24.3. The van der Waals surface area contributed by atoms with E-state index in [4.69, 9.17) is 11.5 Å². The minimum absolute atomic E-state index is 0.467. The van der Waals surface area contributed by atoms with Gasteiger partial charge in [0.05, 0.1) is 0 Å². The Morgan fingerprint density at radius 2 is 0.672 bits per heavy atom. The molecule has 0 saturated heterocycles. The molecule has 0 aliphatic rings. The SMILES string of the molecule is CCCCCC(c1ccc(CCCCCCCCCCCCCCCCCCc2ccc(C(CCCCC)c3ccc(N)cc3C)cc2)cc1)c1ccc(N)cc1C. The molecule has 0 aliphatic heterocycles. The van der Waals surface area contributed by atoms with Crippen molar-refractivity contribution in [2.75, 3.05) is 11.5 Å². The first-order chi connectivity index (χ1) is 28.4. The average molecular weight is 785 g/mol. The third kappa shape index (κ3) is 17.4. The Balaban J connectivity index is 0.967. The molecule has 0 saturated carbocycles. The highest BCUT2D eigenvalue weighted by atomic mass is 14.5. The Bertz CT molecular complexity index is 1530. The van der Waals surface area contributed by atoms with E-state index in [-0.39, 0.29) is 0 Å². The van der Waals surface area contributed by atoms with Gasteiger partial charge in [-0.15, -0.1) is 0 Å². The average Bonchev–Trinajstić information content (AvgIpc) is 3.22. The highest BCUT2D eigenvalue weighted by molar-refractivity contribution is 5.49. The molecule has 58 heavy (non-hydrogen) atoms. The van der Waals surface area contributed by atoms with E-state index in [0.29, 0.717) is 11.8 Å². The van der Waals surface area contributed by atoms with E-state index in [9.17, 15) is 0 Å². The lowest BCUT2D eigenvalue weighted by molar-refractivity contribution is 0.528. The van der Waals surface area contributed by atoms with Crippen LogP contribution in [-0.2, 0) is 12.8 Å². The highest BCUT2D eigenvalue weighted by Crippen LogP contribution is 2.35. The third-order valence-corrected chi connectivity index (χ3v) is 13.0. The molecule has 0 fully saturated rings. The maximum absolute atomic E-state index is 6.08. The Hall–Kier alpha value is -3.52. The van der Waals surface area contributed by atoms with Crippen LogP contribution in [0.1, 0.15) is 224 Å². The summed E-state index contributed by atoms with van der Waals surface area (Å²) in [5.74, 6) is 0.933. The Kier molecular flexibility index (Phi) is 22.8. The van der Waals surface area contributed by atoms with Crippen molar-refractivity contribution in [3.63, 3.8) is 0 Å². The molecule has 4 aromatic carbocycles. The Morgan fingerprint density at radius 1 is 0.362 bits per heavy atom. The van der Waals surface area contributed by atoms with Crippen LogP contribution in [0, 0.1) is 13.8 Å². The van der Waals surface area contributed by atoms with Crippen molar-refractivity contribution in [2.45, 2.75) is 206 Å². The van der Waals surface area contributed by atoms with Crippen molar-refractivity contribution in [1.29, 1.82) is 0 Å². The number of nitrogen functional groups attached to an aromatic ring is 2. The third-order valence-electron chi connectivity index (χ3n) is 13.0. The van der Waals surface area contributed by atoms with Crippen LogP contribution < -0.4 is 11.5 Å². The predicted octanol–water partition coefficient (Wildman–Crippen LogP) is 16.9. The molecule has 0 aliphatic carbocycles. The zero-order valence-electron chi connectivity index (χ0n) is 37.8. The van der Waals surface area contributed by atoms with Gasteiger partial charge in [-0.05, 0) is 121 Å². The molecule has 0 heterocycles. The van der Waals surface area contributed by atoms with Gasteiger partial charge in [-0.25, -0.2) is 0 Å². The second kappa shape index (κ2) is 28.0. The number of anilines is 2. The van der Waals surface area contributed by atoms with Crippen LogP contribution in [0.4, 0.5) is 11.4 Å². The summed E-state index contributed by atoms with van der Waals surface area (Å²) in [4.78, 5) is 0. The summed E-state index contributed by atoms with van der Waals surface area (Å²) < 4.78 is 0. The van der Waals surface area contributed by atoms with Gasteiger partial charge in [-0.3, -0.25) is 0 Å². The molecule has 0 amide bonds. The normalized spacial score (nSPS) is 12.6. The van der Waals surface area contributed by atoms with E-state index in [2.05, 4.69) is 113 Å². The first-order valence-corrected chi connectivity index (χ1v) is 24.3. The van der Waals surface area contributed by atoms with Gasteiger partial charge in [-0.1, -0.05) is 203 Å². The Labute approximate surface area is 357 Å². The van der Waals surface area contributed by atoms with E-state index in [1.165, 1.54) is 211 Å². The molecule has 0 spiro atoms. The molecule has 4 aromatic rings. The molecule has 4 N–H and O–H groups in total. The number of benzene rings is 4. The predicted molar refractivity (Wildman–Crippen MR) is 257 cm³/mol. The van der Waals surface area contributed by atoms with Gasteiger partial charge in [0, 0.05) is 23.2 Å². The number of hydrogen-bond donors (Lipinski definition) is 2. The summed E-state index contributed by atoms with van der Waals surface area (Å²) in [6.45, 7) is 9.02. The lowest BCUT2D eigenvalue weighted by atomic mass is 9.84. The van der Waals surface area contributed by atoms with E-state index >= 15 is 0 Å². The summed E-state index contributed by atoms with van der Waals surface area (Å²) in [5.41, 5.74) is 25.3. The summed E-state index contributed by atoms with van der Waals surface area (Å²) in [6.07, 6.45) is 34.9. The number of aryl methyl sites for hydroxylation is 4. The van der Waals surface area contributed by atoms with Crippen molar-refractivity contribution in [1.82, 2.24) is 0 Å². The maximum Gasteiger partial charge on any atom is 0.0316 e. The van der Waals surface area contributed by atoms with Crippen molar-refractivity contribution >= 4 is 11.4 Å². The fraction of sp³-hybridized carbons (Fsp3) is 0.571. The molecule has 0 aromatic heterocycles. The largest absolute Gasteiger partial charge is 0.399 e. The van der Waals surface area contributed by atoms with E-state index in [1.807, 2.05) is 0 Å². The molecule has 2 heteroatoms. The van der Waals surface area contributed by atoms with Crippen molar-refractivity contribution < 1.29 is 0 Å². The van der Waals surface area contributed by atoms with Gasteiger partial charge in [0.2, 0.25) is 0 Å². The quantitative estimate of drug-likeness (QED) is 0.0394. The highest BCUT2D eigenvalue weighted by Gasteiger charge is 2.18. The van der Waals surface area contributed by atoms with Crippen LogP contribution in [0.2, 0.25) is 0 Å². The summed E-state index contributed by atoms with van der Waals surface area (Å²) in [5, 5.41) is 0. The maximum atomic E-state index is 6.08. The lowest BCUT2D eigenvalue weighted by Crippen LogP contribution is -2.05. The Morgan fingerprint density at radius 3 is 0.966 bits per heavy atom. The molecule has 2 atom stereocenters. The van der Waals surface area contributed by atoms with E-state index < -0.39 is 0 Å². The molecule has 2 unspecified atom stereocenters. The van der Waals surface area contributed by atoms with Crippen LogP contribution in [-0.4, -0.2) is 0 Å². The van der Waals surface area contributed by atoms with Gasteiger partial charge >= 0.3 is 0 Å². The minimum Gasteiger partial charge on any atom is -0.399 e. The molecule has 0 radical (unpaired) electrons. The van der Waals surface area contributed by atoms with Crippen LogP contribution >= 0.6 is 0 Å². The van der Waals surface area contributed by atoms with E-state index in [1.54, 1.807) is 0 Å². The van der Waals surface area contributed by atoms with Gasteiger partial charge in [0.25, 0.3) is 0 Å². The second-order valence-corrected chi connectivity index (χ2v) is 18.0. The number of rotatable bonds is 31. The fourth-order valence-corrected chi connectivity index (χ4v) is 9.35. The van der Waals surface area contributed by atoms with Crippen LogP contribution in [0.25, 0.3) is 0 Å². The van der Waals surface area contributed by atoms with Gasteiger partial charge in [-0.2, -0.15) is 0 Å². The van der Waals surface area contributed by atoms with Crippen LogP contribution in [0.15, 0.2) is 84.9 Å². The summed E-state index contributed by atoms with van der Waals surface area (Å²) >= 11 is 0. The second-order valence-electron chi connectivity index (χ2n) is 18.0. The zero-order chi connectivity index (χ0) is 41.2. The number of unbranched alkanes of at least 4 members (excludes halogenated alkanes) is 19. The summed E-state index contributed by atoms with van der Waals surface area (Å²) in [7, 11) is 0. The van der Waals surface area contributed by atoms with Crippen LogP contribution in [0.3, 0.4) is 0 Å². The molecular weight excluding hydrogens is 701 g/mol. The molecule has 2 nitrogen and oxygen atoms in total.